The van der Waals surface area contributed by atoms with Crippen molar-refractivity contribution in [3.63, 3.8) is 0 Å². The number of unbranched alkanes of at least 4 members (excludes halogenated alkanes) is 3. The molecule has 17 nitrogen and oxygen atoms in total. The number of nitrogens with zero attached hydrogens (tertiary/aromatic N) is 7. The Balaban J connectivity index is 0.808. The number of piperazine rings is 1. The van der Waals surface area contributed by atoms with Crippen LogP contribution in [0.2, 0.25) is 0 Å². The van der Waals surface area contributed by atoms with E-state index in [1.54, 1.807) is 38.9 Å². The van der Waals surface area contributed by atoms with E-state index in [0.29, 0.717) is 36.6 Å². The summed E-state index contributed by atoms with van der Waals surface area (Å²) in [4.78, 5) is 34.9. The normalized spacial score (nSPS) is 17.7. The molecule has 3 aromatic heterocycles. The van der Waals surface area contributed by atoms with Crippen LogP contribution in [0.15, 0.2) is 93.5 Å². The number of aryl methyl sites for hydroxylation is 1. The van der Waals surface area contributed by atoms with Gasteiger partial charge in [-0.2, -0.15) is 0 Å². The molecule has 2 atom stereocenters. The first-order valence-corrected chi connectivity index (χ1v) is 19.8. The van der Waals surface area contributed by atoms with E-state index < -0.39 is 26.9 Å². The second-order valence-corrected chi connectivity index (χ2v) is 15.8. The Kier molecular flexibility index (Phi) is 9.03. The molecule has 6 heterocycles. The molecule has 3 aliphatic heterocycles. The summed E-state index contributed by atoms with van der Waals surface area (Å²) in [6.07, 6.45) is 5.09. The van der Waals surface area contributed by atoms with E-state index in [-0.39, 0.29) is 54.0 Å². The minimum absolute atomic E-state index is 0.0719. The third-order valence-corrected chi connectivity index (χ3v) is 12.1. The Morgan fingerprint density at radius 2 is 1.77 bits per heavy atom. The van der Waals surface area contributed by atoms with Crippen LogP contribution in [0.3, 0.4) is 0 Å². The minimum Gasteiger partial charge on any atom is -0.454 e. The summed E-state index contributed by atoms with van der Waals surface area (Å²) in [6, 6.07) is 19.9. The third-order valence-electron chi connectivity index (χ3n) is 10.4. The molecule has 0 bridgehead atoms. The topological polar surface area (TPSA) is 202 Å². The number of aromatic nitrogens is 6. The summed E-state index contributed by atoms with van der Waals surface area (Å²) in [7, 11) is -4.18. The summed E-state index contributed by atoms with van der Waals surface area (Å²) in [5.74, 6) is 0.552. The van der Waals surface area contributed by atoms with Crippen LogP contribution < -0.4 is 19.1 Å². The Labute approximate surface area is 319 Å². The summed E-state index contributed by atoms with van der Waals surface area (Å²) in [6.45, 7) is 0.900. The Morgan fingerprint density at radius 1 is 0.964 bits per heavy atom. The van der Waals surface area contributed by atoms with Crippen LogP contribution in [0.4, 0.5) is 0 Å². The highest BCUT2D eigenvalue weighted by Crippen LogP contribution is 2.45. The van der Waals surface area contributed by atoms with Gasteiger partial charge in [0.15, 0.2) is 11.5 Å². The van der Waals surface area contributed by atoms with Gasteiger partial charge < -0.3 is 34.2 Å². The first kappa shape index (κ1) is 35.3. The molecule has 18 heteroatoms. The monoisotopic (exact) mass is 780 g/mol. The summed E-state index contributed by atoms with van der Waals surface area (Å²) in [5, 5.41) is 24.5. The number of carbonyl (C=O) groups excluding carboxylic acids is 2. The maximum atomic E-state index is 14.2. The number of carbonyl (C=O) groups is 2. The fraction of sp³-hybridized carbons (Fsp3) is 0.316. The van der Waals surface area contributed by atoms with E-state index in [1.165, 1.54) is 12.1 Å². The van der Waals surface area contributed by atoms with Crippen LogP contribution in [0.1, 0.15) is 54.2 Å². The second kappa shape index (κ2) is 14.3. The molecule has 9 rings (SSSR count). The average molecular weight is 781 g/mol. The summed E-state index contributed by atoms with van der Waals surface area (Å²) >= 11 is 0. The molecule has 3 aliphatic rings. The van der Waals surface area contributed by atoms with Crippen LogP contribution in [-0.4, -0.2) is 81.2 Å². The first-order chi connectivity index (χ1) is 27.3. The van der Waals surface area contributed by atoms with Gasteiger partial charge in [0, 0.05) is 29.6 Å². The maximum Gasteiger partial charge on any atom is 0.414 e. The molecule has 56 heavy (non-hydrogen) atoms. The molecule has 288 valence electrons. The lowest BCUT2D eigenvalue weighted by Crippen LogP contribution is -2.62. The number of fused-ring (bicyclic) bond motifs is 5. The number of sulfone groups is 1. The number of aromatic amines is 1. The van der Waals surface area contributed by atoms with Crippen molar-refractivity contribution >= 4 is 32.6 Å². The Hall–Kier alpha value is -6.43. The highest BCUT2D eigenvalue weighted by atomic mass is 32.2. The number of amides is 2. The number of ether oxygens (including phenoxy) is 3. The van der Waals surface area contributed by atoms with Gasteiger partial charge in [-0.25, -0.2) is 8.42 Å². The highest BCUT2D eigenvalue weighted by Gasteiger charge is 2.48. The first-order valence-electron chi connectivity index (χ1n) is 18.3. The number of nitrogens with one attached hydrogen (secondary N) is 1. The van der Waals surface area contributed by atoms with Gasteiger partial charge in [0.2, 0.25) is 18.6 Å². The number of hydrogen-bond donors (Lipinski definition) is 1. The van der Waals surface area contributed by atoms with E-state index in [9.17, 15) is 23.2 Å². The number of hydrogen-bond acceptors (Lipinski definition) is 12. The van der Waals surface area contributed by atoms with Crippen molar-refractivity contribution in [2.75, 3.05) is 19.9 Å². The minimum atomic E-state index is -4.18. The molecule has 1 N–H and O–H groups in total. The number of rotatable bonds is 13. The second-order valence-electron chi connectivity index (χ2n) is 13.9. The van der Waals surface area contributed by atoms with Crippen molar-refractivity contribution in [1.82, 2.24) is 34.9 Å². The molecule has 0 saturated carbocycles. The molecule has 1 fully saturated rings. The van der Waals surface area contributed by atoms with E-state index >= 15 is 0 Å². The van der Waals surface area contributed by atoms with Gasteiger partial charge in [0.05, 0.1) is 35.4 Å². The average Bonchev–Trinajstić information content (AvgIpc) is 4.02. The molecule has 1 saturated heterocycles. The van der Waals surface area contributed by atoms with Gasteiger partial charge in [-0.05, 0) is 65.6 Å². The van der Waals surface area contributed by atoms with Crippen LogP contribution in [-0.2, 0) is 38.9 Å². The van der Waals surface area contributed by atoms with Crippen LogP contribution in [0, 0.1) is 5.21 Å². The lowest BCUT2D eigenvalue weighted by atomic mass is 9.86. The van der Waals surface area contributed by atoms with Crippen molar-refractivity contribution < 1.29 is 41.7 Å². The quantitative estimate of drug-likeness (QED) is 0.132. The largest absolute Gasteiger partial charge is 0.454 e. The van der Waals surface area contributed by atoms with Gasteiger partial charge >= 0.3 is 10.9 Å². The van der Waals surface area contributed by atoms with Crippen LogP contribution >= 0.6 is 0 Å². The van der Waals surface area contributed by atoms with Crippen LogP contribution in [0.5, 0.6) is 17.4 Å². The predicted molar refractivity (Wildman–Crippen MR) is 194 cm³/mol. The zero-order chi connectivity index (χ0) is 38.4. The fourth-order valence-electron chi connectivity index (χ4n) is 7.74. The van der Waals surface area contributed by atoms with Gasteiger partial charge in [0.25, 0.3) is 9.84 Å². The van der Waals surface area contributed by atoms with E-state index in [4.69, 9.17) is 14.2 Å². The van der Waals surface area contributed by atoms with Gasteiger partial charge in [-0.1, -0.05) is 54.1 Å². The lowest BCUT2D eigenvalue weighted by Gasteiger charge is -2.47. The van der Waals surface area contributed by atoms with Crippen LogP contribution in [0.25, 0.3) is 10.9 Å². The third kappa shape index (κ3) is 6.34. The van der Waals surface area contributed by atoms with E-state index in [2.05, 4.69) is 25.1 Å². The van der Waals surface area contributed by atoms with E-state index in [0.717, 1.165) is 47.0 Å². The number of benzene rings is 3. The molecule has 0 unspecified atom stereocenters. The van der Waals surface area contributed by atoms with Crippen molar-refractivity contribution in [2.24, 2.45) is 0 Å². The highest BCUT2D eigenvalue weighted by molar-refractivity contribution is 7.91. The molecule has 6 aromatic rings. The molecule has 0 aliphatic carbocycles. The lowest BCUT2D eigenvalue weighted by molar-refractivity contribution is -0.832. The zero-order valence-corrected chi connectivity index (χ0v) is 30.8. The van der Waals surface area contributed by atoms with Crippen molar-refractivity contribution in [1.29, 1.82) is 0 Å². The molecule has 0 spiro atoms. The smallest absolute Gasteiger partial charge is 0.414 e. The van der Waals surface area contributed by atoms with Gasteiger partial charge in [-0.3, -0.25) is 18.9 Å². The maximum absolute atomic E-state index is 14.2. The van der Waals surface area contributed by atoms with Gasteiger partial charge in [0.1, 0.15) is 18.3 Å². The number of para-hydroxylation sites is 1. The van der Waals surface area contributed by atoms with Crippen molar-refractivity contribution in [2.45, 2.75) is 67.2 Å². The predicted octanol–water partition coefficient (Wildman–Crippen LogP) is 3.47. The molecular formula is C38H36N8O9S. The molecular weight excluding hydrogens is 745 g/mol. The van der Waals surface area contributed by atoms with Crippen molar-refractivity contribution in [3.8, 4) is 17.4 Å². The Morgan fingerprint density at radius 3 is 2.64 bits per heavy atom. The molecule has 0 radical (unpaired) electrons. The fourth-order valence-corrected chi connectivity index (χ4v) is 9.04. The number of H-pyrrole nitrogens is 1. The van der Waals surface area contributed by atoms with E-state index in [1.807, 2.05) is 42.5 Å². The van der Waals surface area contributed by atoms with Crippen molar-refractivity contribution in [3.05, 3.63) is 107 Å². The standard InChI is InChI=1S/C38H36N8O9S/c47-33-22-43(37(48)30-19-28-27-12-6-7-13-29(27)39-34(28)35(45(30)33)24-14-15-31-32(18-24)54-23-53-31)20-25-21-44(42-40-25)16-8-1-2-9-17-52-36-38(46(49)55-41-36)56(50,51)26-10-4-3-5-11-26/h3-7,10-15,18,21,30,35,39H,1-2,8-9,16-17,19-20,22-23H2/t30-,35-/m1/s1. The molecule has 2 amide bonds. The molecule has 3 aromatic carbocycles. The summed E-state index contributed by atoms with van der Waals surface area (Å²) < 4.78 is 48.9. The zero-order valence-electron chi connectivity index (χ0n) is 29.9. The Bertz CT molecular complexity index is 2550. The SMILES string of the molecule is O=C1[C@H]2Cc3c([nH]c4ccccc34)[C@@H](c3ccc4c(c3)OCO4)N2C(=O)CN1Cc1cn(CCCCCCOc2no[n+]([O-])c2S(=O)(=O)c2ccccc2)nn1. The summed E-state index contributed by atoms with van der Waals surface area (Å²) in [5.41, 5.74) is 4.25. The van der Waals surface area contributed by atoms with Gasteiger partial charge in [-0.15, -0.1) is 5.10 Å².